The van der Waals surface area contributed by atoms with Crippen molar-refractivity contribution in [1.29, 1.82) is 0 Å². The van der Waals surface area contributed by atoms with Crippen LogP contribution in [-0.4, -0.2) is 48.6 Å². The van der Waals surface area contributed by atoms with Crippen LogP contribution in [0, 0.1) is 0 Å². The summed E-state index contributed by atoms with van der Waals surface area (Å²) in [4.78, 5) is 6.87. The van der Waals surface area contributed by atoms with Gasteiger partial charge in [-0.3, -0.25) is 4.90 Å². The molecule has 138 valence electrons. The lowest BCUT2D eigenvalue weighted by molar-refractivity contribution is -0.120. The molecule has 0 spiro atoms. The first-order valence-corrected chi connectivity index (χ1v) is 9.53. The molecule has 0 saturated carbocycles. The molecular weight excluding hydrogens is 316 g/mol. The molecule has 1 atom stereocenters. The van der Waals surface area contributed by atoms with Crippen LogP contribution in [0.15, 0.2) is 30.5 Å². The summed E-state index contributed by atoms with van der Waals surface area (Å²) < 4.78 is 17.5. The smallest absolute Gasteiger partial charge is 0.221 e. The fraction of sp³-hybridized carbons (Fsp3) is 0.650. The van der Waals surface area contributed by atoms with Crippen molar-refractivity contribution in [3.05, 3.63) is 36.0 Å². The summed E-state index contributed by atoms with van der Waals surface area (Å²) in [6.45, 7) is 6.84. The molecule has 2 fully saturated rings. The Bertz CT molecular complexity index is 537. The highest BCUT2D eigenvalue weighted by Crippen LogP contribution is 2.19. The second-order valence-corrected chi connectivity index (χ2v) is 6.80. The molecule has 0 bridgehead atoms. The highest BCUT2D eigenvalue weighted by atomic mass is 16.7. The molecule has 0 amide bonds. The SMILES string of the molecule is CC=CC(Oc1cc(CN2CCCCC2)ccn1)OC1CCOCC1. The average Bonchev–Trinajstić information content (AvgIpc) is 2.64. The first-order chi connectivity index (χ1) is 12.3. The molecule has 2 aliphatic rings. The van der Waals surface area contributed by atoms with Gasteiger partial charge in [0, 0.05) is 32.0 Å². The molecular formula is C20H30N2O3. The van der Waals surface area contributed by atoms with Crippen LogP contribution in [-0.2, 0) is 16.0 Å². The quantitative estimate of drug-likeness (QED) is 0.558. The predicted octanol–water partition coefficient (Wildman–Crippen LogP) is 3.54. The van der Waals surface area contributed by atoms with Gasteiger partial charge >= 0.3 is 0 Å². The van der Waals surface area contributed by atoms with E-state index in [1.807, 2.05) is 31.3 Å². The van der Waals surface area contributed by atoms with Crippen LogP contribution in [0.3, 0.4) is 0 Å². The summed E-state index contributed by atoms with van der Waals surface area (Å²) in [7, 11) is 0. The molecule has 0 aromatic carbocycles. The third-order valence-electron chi connectivity index (χ3n) is 4.74. The Kier molecular flexibility index (Phi) is 7.27. The van der Waals surface area contributed by atoms with Gasteiger partial charge in [-0.2, -0.15) is 0 Å². The lowest BCUT2D eigenvalue weighted by Gasteiger charge is -2.27. The van der Waals surface area contributed by atoms with E-state index in [1.165, 1.54) is 37.9 Å². The topological polar surface area (TPSA) is 43.8 Å². The number of ether oxygens (including phenoxy) is 3. The van der Waals surface area contributed by atoms with Gasteiger partial charge in [-0.15, -0.1) is 0 Å². The Morgan fingerprint density at radius 3 is 2.84 bits per heavy atom. The van der Waals surface area contributed by atoms with Crippen molar-refractivity contribution in [1.82, 2.24) is 9.88 Å². The summed E-state index contributed by atoms with van der Waals surface area (Å²) in [5.74, 6) is 0.629. The van der Waals surface area contributed by atoms with Crippen molar-refractivity contribution in [3.63, 3.8) is 0 Å². The number of likely N-dealkylation sites (tertiary alicyclic amines) is 1. The maximum Gasteiger partial charge on any atom is 0.221 e. The third kappa shape index (κ3) is 6.10. The number of pyridine rings is 1. The van der Waals surface area contributed by atoms with Gasteiger partial charge in [0.2, 0.25) is 12.2 Å². The summed E-state index contributed by atoms with van der Waals surface area (Å²) in [6, 6.07) is 4.11. The number of piperidine rings is 1. The summed E-state index contributed by atoms with van der Waals surface area (Å²) >= 11 is 0. The zero-order chi connectivity index (χ0) is 17.3. The van der Waals surface area contributed by atoms with E-state index in [4.69, 9.17) is 14.2 Å². The van der Waals surface area contributed by atoms with Gasteiger partial charge in [0.25, 0.3) is 0 Å². The van der Waals surface area contributed by atoms with E-state index in [-0.39, 0.29) is 6.10 Å². The molecule has 2 saturated heterocycles. The van der Waals surface area contributed by atoms with Crippen LogP contribution in [0.1, 0.15) is 44.6 Å². The van der Waals surface area contributed by atoms with Gasteiger partial charge in [0.15, 0.2) is 0 Å². The molecule has 5 heteroatoms. The third-order valence-corrected chi connectivity index (χ3v) is 4.74. The molecule has 0 radical (unpaired) electrons. The lowest BCUT2D eigenvalue weighted by atomic mass is 10.1. The molecule has 3 heterocycles. The fourth-order valence-corrected chi connectivity index (χ4v) is 3.38. The van der Waals surface area contributed by atoms with Gasteiger partial charge < -0.3 is 14.2 Å². The van der Waals surface area contributed by atoms with E-state index in [0.717, 1.165) is 32.6 Å². The lowest BCUT2D eigenvalue weighted by Crippen LogP contribution is -2.30. The minimum absolute atomic E-state index is 0.187. The normalized spacial score (nSPS) is 21.5. The minimum atomic E-state index is -0.397. The van der Waals surface area contributed by atoms with Gasteiger partial charge in [0.1, 0.15) is 0 Å². The van der Waals surface area contributed by atoms with E-state index >= 15 is 0 Å². The van der Waals surface area contributed by atoms with Crippen molar-refractivity contribution >= 4 is 0 Å². The van der Waals surface area contributed by atoms with Gasteiger partial charge in [-0.1, -0.05) is 12.5 Å². The number of aromatic nitrogens is 1. The molecule has 1 unspecified atom stereocenters. The number of rotatable bonds is 7. The molecule has 3 rings (SSSR count). The summed E-state index contributed by atoms with van der Waals surface area (Å²) in [5.41, 5.74) is 1.25. The number of hydrogen-bond acceptors (Lipinski definition) is 5. The first-order valence-electron chi connectivity index (χ1n) is 9.53. The van der Waals surface area contributed by atoms with Crippen LogP contribution in [0.4, 0.5) is 0 Å². The Morgan fingerprint density at radius 1 is 1.28 bits per heavy atom. The molecule has 1 aromatic heterocycles. The molecule has 5 nitrogen and oxygen atoms in total. The summed E-state index contributed by atoms with van der Waals surface area (Å²) in [5, 5.41) is 0. The predicted molar refractivity (Wildman–Crippen MR) is 97.5 cm³/mol. The standard InChI is InChI=1S/C20H30N2O3/c1-2-6-20(24-18-8-13-23-14-9-18)25-19-15-17(7-10-21-19)16-22-11-4-3-5-12-22/h2,6-7,10,15,18,20H,3-5,8-9,11-14,16H2,1H3. The van der Waals surface area contributed by atoms with Crippen LogP contribution in [0.25, 0.3) is 0 Å². The average molecular weight is 346 g/mol. The van der Waals surface area contributed by atoms with Crippen molar-refractivity contribution < 1.29 is 14.2 Å². The highest BCUT2D eigenvalue weighted by Gasteiger charge is 2.19. The van der Waals surface area contributed by atoms with Crippen LogP contribution in [0.5, 0.6) is 5.88 Å². The van der Waals surface area contributed by atoms with Crippen molar-refractivity contribution in [2.75, 3.05) is 26.3 Å². The molecule has 2 aliphatic heterocycles. The largest absolute Gasteiger partial charge is 0.444 e. The van der Waals surface area contributed by atoms with Crippen molar-refractivity contribution in [2.45, 2.75) is 58.0 Å². The molecule has 1 aromatic rings. The Labute approximate surface area is 151 Å². The molecule has 25 heavy (non-hydrogen) atoms. The van der Waals surface area contributed by atoms with Crippen LogP contribution < -0.4 is 4.74 Å². The fourth-order valence-electron chi connectivity index (χ4n) is 3.38. The van der Waals surface area contributed by atoms with E-state index in [2.05, 4.69) is 16.0 Å². The monoisotopic (exact) mass is 346 g/mol. The Morgan fingerprint density at radius 2 is 2.08 bits per heavy atom. The minimum Gasteiger partial charge on any atom is -0.444 e. The van der Waals surface area contributed by atoms with E-state index in [0.29, 0.717) is 5.88 Å². The zero-order valence-corrected chi connectivity index (χ0v) is 15.2. The molecule has 0 N–H and O–H groups in total. The maximum atomic E-state index is 6.09. The van der Waals surface area contributed by atoms with Crippen LogP contribution >= 0.6 is 0 Å². The highest BCUT2D eigenvalue weighted by molar-refractivity contribution is 5.21. The first kappa shape index (κ1) is 18.4. The van der Waals surface area contributed by atoms with Crippen LogP contribution in [0.2, 0.25) is 0 Å². The Balaban J connectivity index is 1.57. The van der Waals surface area contributed by atoms with Gasteiger partial charge in [-0.25, -0.2) is 4.98 Å². The molecule has 0 aliphatic carbocycles. The van der Waals surface area contributed by atoms with E-state index in [1.54, 1.807) is 0 Å². The number of nitrogens with zero attached hydrogens (tertiary/aromatic N) is 2. The second kappa shape index (κ2) is 9.90. The van der Waals surface area contributed by atoms with E-state index < -0.39 is 6.29 Å². The Hall–Kier alpha value is -1.43. The second-order valence-electron chi connectivity index (χ2n) is 6.80. The number of hydrogen-bond donors (Lipinski definition) is 0. The van der Waals surface area contributed by atoms with Crippen molar-refractivity contribution in [2.24, 2.45) is 0 Å². The van der Waals surface area contributed by atoms with E-state index in [9.17, 15) is 0 Å². The van der Waals surface area contributed by atoms with Gasteiger partial charge in [0.05, 0.1) is 6.10 Å². The maximum absolute atomic E-state index is 6.09. The van der Waals surface area contributed by atoms with Crippen molar-refractivity contribution in [3.8, 4) is 5.88 Å². The van der Waals surface area contributed by atoms with Gasteiger partial charge in [-0.05, 0) is 63.4 Å². The number of allylic oxidation sites excluding steroid dienone is 1. The zero-order valence-electron chi connectivity index (χ0n) is 15.2. The summed E-state index contributed by atoms with van der Waals surface area (Å²) in [6.07, 6.45) is 11.3.